The van der Waals surface area contributed by atoms with Crippen LogP contribution in [0, 0.1) is 6.92 Å². The molecule has 0 bridgehead atoms. The molecule has 1 aliphatic heterocycles. The fourth-order valence-corrected chi connectivity index (χ4v) is 5.07. The Hall–Kier alpha value is -4.61. The average Bonchev–Trinajstić information content (AvgIpc) is 2.99. The van der Waals surface area contributed by atoms with Gasteiger partial charge in [-0.2, -0.15) is 5.10 Å². The van der Waals surface area contributed by atoms with Gasteiger partial charge in [-0.3, -0.25) is 4.79 Å². The van der Waals surface area contributed by atoms with Crippen LogP contribution in [0.1, 0.15) is 42.1 Å². The molecule has 0 fully saturated rings. The number of rotatable bonds is 12. The van der Waals surface area contributed by atoms with Gasteiger partial charge in [0.15, 0.2) is 23.2 Å². The van der Waals surface area contributed by atoms with Crippen LogP contribution >= 0.6 is 23.8 Å². The molecule has 1 amide bonds. The summed E-state index contributed by atoms with van der Waals surface area (Å²) in [6.45, 7) is 5.70. The van der Waals surface area contributed by atoms with Gasteiger partial charge in [0.1, 0.15) is 12.4 Å². The fourth-order valence-electron chi connectivity index (χ4n) is 4.52. The minimum atomic E-state index is -0.636. The number of benzene rings is 3. The standard InChI is InChI=1S/C32H33ClN4O6S/c1-5-41-31(39)28-20(3)35-32(44)36-29(28)23-11-6-7-12-25(23)42-18-27(38)37-34-16-22-14-24(33)30(26(15-22)40-4)43-17-21-10-8-9-19(2)13-21/h6-16,29H,5,17-18H2,1-4H3,(H,37,38)(H2,35,36,44)/t29-/m0/s1. The highest BCUT2D eigenvalue weighted by atomic mass is 35.5. The molecule has 12 heteroatoms. The first-order valence-corrected chi connectivity index (χ1v) is 14.5. The van der Waals surface area contributed by atoms with E-state index in [9.17, 15) is 9.59 Å². The molecule has 44 heavy (non-hydrogen) atoms. The Morgan fingerprint density at radius 3 is 2.61 bits per heavy atom. The number of para-hydroxylation sites is 1. The molecule has 3 aromatic rings. The number of carbonyl (C=O) groups is 2. The number of methoxy groups -OCH3 is 1. The molecule has 0 aliphatic carbocycles. The van der Waals surface area contributed by atoms with Crippen molar-refractivity contribution >= 4 is 47.0 Å². The quantitative estimate of drug-likeness (QED) is 0.108. The third-order valence-corrected chi connectivity index (χ3v) is 6.97. The Morgan fingerprint density at radius 1 is 1.07 bits per heavy atom. The van der Waals surface area contributed by atoms with Crippen LogP contribution < -0.4 is 30.3 Å². The molecular formula is C32H33ClN4O6S. The van der Waals surface area contributed by atoms with E-state index in [1.807, 2.05) is 31.2 Å². The van der Waals surface area contributed by atoms with E-state index >= 15 is 0 Å². The number of nitrogens with one attached hydrogen (secondary N) is 3. The highest BCUT2D eigenvalue weighted by Gasteiger charge is 2.32. The van der Waals surface area contributed by atoms with E-state index in [-0.39, 0.29) is 13.2 Å². The number of esters is 1. The van der Waals surface area contributed by atoms with E-state index < -0.39 is 17.9 Å². The molecule has 1 aliphatic rings. The van der Waals surface area contributed by atoms with Crippen LogP contribution in [0.4, 0.5) is 0 Å². The van der Waals surface area contributed by atoms with E-state index in [4.69, 9.17) is 42.8 Å². The second-order valence-corrected chi connectivity index (χ2v) is 10.5. The lowest BCUT2D eigenvalue weighted by Crippen LogP contribution is -2.45. The van der Waals surface area contributed by atoms with E-state index in [1.165, 1.54) is 13.3 Å². The zero-order valence-electron chi connectivity index (χ0n) is 24.7. The van der Waals surface area contributed by atoms with Gasteiger partial charge in [0.2, 0.25) is 0 Å². The lowest BCUT2D eigenvalue weighted by Gasteiger charge is -2.30. The zero-order valence-corrected chi connectivity index (χ0v) is 26.3. The number of carbonyl (C=O) groups excluding carboxylic acids is 2. The molecule has 230 valence electrons. The van der Waals surface area contributed by atoms with Crippen LogP contribution in [0.25, 0.3) is 0 Å². The summed E-state index contributed by atoms with van der Waals surface area (Å²) in [7, 11) is 1.52. The van der Waals surface area contributed by atoms with Crippen molar-refractivity contribution in [3.05, 3.63) is 99.2 Å². The molecule has 3 N–H and O–H groups in total. The molecule has 3 aromatic carbocycles. The summed E-state index contributed by atoms with van der Waals surface area (Å²) >= 11 is 11.8. The molecule has 0 spiro atoms. The number of halogens is 1. The van der Waals surface area contributed by atoms with Gasteiger partial charge >= 0.3 is 5.97 Å². The van der Waals surface area contributed by atoms with Gasteiger partial charge in [0.25, 0.3) is 5.91 Å². The molecular weight excluding hydrogens is 604 g/mol. The summed E-state index contributed by atoms with van der Waals surface area (Å²) in [5.74, 6) is 0.237. The largest absolute Gasteiger partial charge is 0.493 e. The van der Waals surface area contributed by atoms with Crippen molar-refractivity contribution in [2.45, 2.75) is 33.4 Å². The Balaban J connectivity index is 1.40. The van der Waals surface area contributed by atoms with Gasteiger partial charge in [-0.05, 0) is 62.3 Å². The van der Waals surface area contributed by atoms with Gasteiger partial charge in [-0.25, -0.2) is 10.2 Å². The van der Waals surface area contributed by atoms with Crippen molar-refractivity contribution < 1.29 is 28.5 Å². The van der Waals surface area contributed by atoms with E-state index in [0.717, 1.165) is 11.1 Å². The Kier molecular flexibility index (Phi) is 11.2. The topological polar surface area (TPSA) is 120 Å². The van der Waals surface area contributed by atoms with Crippen molar-refractivity contribution in [1.82, 2.24) is 16.1 Å². The summed E-state index contributed by atoms with van der Waals surface area (Å²) in [5.41, 5.74) is 6.71. The first-order valence-electron chi connectivity index (χ1n) is 13.7. The lowest BCUT2D eigenvalue weighted by molar-refractivity contribution is -0.139. The minimum Gasteiger partial charge on any atom is -0.493 e. The van der Waals surface area contributed by atoms with Gasteiger partial charge in [0, 0.05) is 11.3 Å². The number of aryl methyl sites for hydroxylation is 1. The predicted molar refractivity (Wildman–Crippen MR) is 172 cm³/mol. The molecule has 0 saturated carbocycles. The highest BCUT2D eigenvalue weighted by molar-refractivity contribution is 7.80. The van der Waals surface area contributed by atoms with Gasteiger partial charge in [-0.15, -0.1) is 0 Å². The normalized spacial score (nSPS) is 14.5. The number of ether oxygens (including phenoxy) is 4. The maximum Gasteiger partial charge on any atom is 0.338 e. The van der Waals surface area contributed by atoms with Crippen LogP contribution in [0.5, 0.6) is 17.2 Å². The lowest BCUT2D eigenvalue weighted by atomic mass is 9.95. The number of hydrogen-bond donors (Lipinski definition) is 3. The summed E-state index contributed by atoms with van der Waals surface area (Å²) in [5, 5.41) is 10.8. The van der Waals surface area contributed by atoms with E-state index in [2.05, 4.69) is 21.2 Å². The summed E-state index contributed by atoms with van der Waals surface area (Å²) in [6, 6.07) is 17.8. The van der Waals surface area contributed by atoms with Crippen LogP contribution in [0.15, 0.2) is 77.0 Å². The third-order valence-electron chi connectivity index (χ3n) is 6.47. The van der Waals surface area contributed by atoms with Crippen LogP contribution in [-0.2, 0) is 20.9 Å². The first-order chi connectivity index (χ1) is 21.2. The van der Waals surface area contributed by atoms with Crippen molar-refractivity contribution in [2.24, 2.45) is 5.10 Å². The van der Waals surface area contributed by atoms with Crippen molar-refractivity contribution in [3.63, 3.8) is 0 Å². The first kappa shape index (κ1) is 32.3. The smallest absolute Gasteiger partial charge is 0.338 e. The molecule has 4 rings (SSSR count). The number of hydrogen-bond acceptors (Lipinski definition) is 8. The molecule has 0 unspecified atom stereocenters. The van der Waals surface area contributed by atoms with Crippen molar-refractivity contribution in [3.8, 4) is 17.2 Å². The average molecular weight is 637 g/mol. The molecule has 0 saturated heterocycles. The monoisotopic (exact) mass is 636 g/mol. The van der Waals surface area contributed by atoms with Crippen molar-refractivity contribution in [2.75, 3.05) is 20.3 Å². The molecule has 0 aromatic heterocycles. The van der Waals surface area contributed by atoms with Crippen LogP contribution in [-0.4, -0.2) is 43.5 Å². The Bertz CT molecular complexity index is 1610. The summed E-state index contributed by atoms with van der Waals surface area (Å²) in [4.78, 5) is 25.3. The fraction of sp³-hybridized carbons (Fsp3) is 0.250. The zero-order chi connectivity index (χ0) is 31.6. The minimum absolute atomic E-state index is 0.219. The molecule has 0 radical (unpaired) electrons. The third kappa shape index (κ3) is 8.27. The second-order valence-electron chi connectivity index (χ2n) is 9.72. The molecule has 1 atom stereocenters. The maximum absolute atomic E-state index is 12.7. The number of amides is 1. The van der Waals surface area contributed by atoms with Gasteiger partial charge < -0.3 is 29.6 Å². The Morgan fingerprint density at radius 2 is 1.86 bits per heavy atom. The van der Waals surface area contributed by atoms with E-state index in [1.54, 1.807) is 50.2 Å². The molecule has 1 heterocycles. The Labute approximate surface area is 266 Å². The number of nitrogens with zero attached hydrogens (tertiary/aromatic N) is 1. The summed E-state index contributed by atoms with van der Waals surface area (Å²) < 4.78 is 22.5. The number of hydrazone groups is 1. The van der Waals surface area contributed by atoms with Crippen LogP contribution in [0.3, 0.4) is 0 Å². The van der Waals surface area contributed by atoms with Gasteiger partial charge in [-0.1, -0.05) is 59.6 Å². The van der Waals surface area contributed by atoms with E-state index in [0.29, 0.717) is 56.4 Å². The molecule has 10 nitrogen and oxygen atoms in total. The van der Waals surface area contributed by atoms with Gasteiger partial charge in [0.05, 0.1) is 36.6 Å². The number of thiocarbonyl (C=S) groups is 1. The second kappa shape index (κ2) is 15.2. The van der Waals surface area contributed by atoms with Crippen LogP contribution in [0.2, 0.25) is 5.02 Å². The summed E-state index contributed by atoms with van der Waals surface area (Å²) in [6.07, 6.45) is 1.43. The predicted octanol–water partition coefficient (Wildman–Crippen LogP) is 5.12. The highest BCUT2D eigenvalue weighted by Crippen LogP contribution is 2.37. The number of allylic oxidation sites excluding steroid dienone is 1. The van der Waals surface area contributed by atoms with Crippen molar-refractivity contribution in [1.29, 1.82) is 0 Å². The maximum atomic E-state index is 12.7. The SMILES string of the molecule is CCOC(=O)C1=C(C)NC(=S)N[C@H]1c1ccccc1OCC(=O)NN=Cc1cc(Cl)c(OCc2cccc(C)c2)c(OC)c1.